The largest absolute Gasteiger partial charge is 0.460 e. The first-order valence-electron chi connectivity index (χ1n) is 5.90. The summed E-state index contributed by atoms with van der Waals surface area (Å²) in [6.45, 7) is 3.62. The molecule has 0 bridgehead atoms. The highest BCUT2D eigenvalue weighted by molar-refractivity contribution is 7.09. The monoisotopic (exact) mass is 258 g/mol. The second kappa shape index (κ2) is 4.92. The van der Waals surface area contributed by atoms with Gasteiger partial charge in [-0.3, -0.25) is 0 Å². The molecule has 2 aromatic heterocycles. The van der Waals surface area contributed by atoms with Crippen molar-refractivity contribution in [2.45, 2.75) is 20.0 Å². The maximum atomic E-state index is 5.74. The minimum atomic E-state index is 0.742. The second-order valence-corrected chi connectivity index (χ2v) is 5.15. The van der Waals surface area contributed by atoms with Crippen molar-refractivity contribution in [2.24, 2.45) is 0 Å². The first-order chi connectivity index (χ1) is 8.83. The molecule has 0 aliphatic heterocycles. The molecule has 3 rings (SSSR count). The van der Waals surface area contributed by atoms with E-state index in [0.717, 1.165) is 35.5 Å². The fourth-order valence-electron chi connectivity index (χ4n) is 1.92. The van der Waals surface area contributed by atoms with Crippen LogP contribution in [0.5, 0.6) is 0 Å². The van der Waals surface area contributed by atoms with Crippen molar-refractivity contribution in [1.29, 1.82) is 0 Å². The van der Waals surface area contributed by atoms with Crippen LogP contribution in [0.4, 0.5) is 0 Å². The average Bonchev–Trinajstić information content (AvgIpc) is 2.96. The lowest BCUT2D eigenvalue weighted by atomic mass is 10.2. The van der Waals surface area contributed by atoms with E-state index in [9.17, 15) is 0 Å². The van der Waals surface area contributed by atoms with Crippen molar-refractivity contribution in [3.63, 3.8) is 0 Å². The Morgan fingerprint density at radius 1 is 1.28 bits per heavy atom. The summed E-state index contributed by atoms with van der Waals surface area (Å²) >= 11 is 1.69. The Morgan fingerprint density at radius 2 is 2.17 bits per heavy atom. The van der Waals surface area contributed by atoms with E-state index in [1.165, 1.54) is 4.88 Å². The summed E-state index contributed by atoms with van der Waals surface area (Å²) in [5.41, 5.74) is 3.94. The zero-order chi connectivity index (χ0) is 12.4. The van der Waals surface area contributed by atoms with Crippen LogP contribution < -0.4 is 5.32 Å². The fourth-order valence-corrected chi connectivity index (χ4v) is 2.67. The van der Waals surface area contributed by atoms with Crippen LogP contribution in [0.2, 0.25) is 0 Å². The molecule has 1 N–H and O–H groups in total. The van der Waals surface area contributed by atoms with Crippen LogP contribution in [0.1, 0.15) is 16.3 Å². The van der Waals surface area contributed by atoms with Crippen LogP contribution in [0, 0.1) is 6.92 Å². The molecule has 0 saturated carbocycles. The molecule has 0 atom stereocenters. The quantitative estimate of drug-likeness (QED) is 0.778. The van der Waals surface area contributed by atoms with Crippen molar-refractivity contribution >= 4 is 22.3 Å². The number of aryl methyl sites for hydroxylation is 1. The van der Waals surface area contributed by atoms with Gasteiger partial charge in [0.05, 0.1) is 17.7 Å². The number of furan rings is 1. The van der Waals surface area contributed by atoms with Gasteiger partial charge in [0.1, 0.15) is 11.3 Å². The Morgan fingerprint density at radius 3 is 2.94 bits per heavy atom. The van der Waals surface area contributed by atoms with Gasteiger partial charge in [-0.25, -0.2) is 4.98 Å². The number of hydrogen-bond donors (Lipinski definition) is 1. The van der Waals surface area contributed by atoms with Gasteiger partial charge in [-0.05, 0) is 19.1 Å². The lowest BCUT2D eigenvalue weighted by molar-refractivity contribution is 0.514. The van der Waals surface area contributed by atoms with Gasteiger partial charge in [0, 0.05) is 16.8 Å². The Bertz CT molecular complexity index is 623. The lowest BCUT2D eigenvalue weighted by Crippen LogP contribution is -2.11. The van der Waals surface area contributed by atoms with Crippen LogP contribution >= 0.6 is 11.3 Å². The number of fused-ring (bicyclic) bond motifs is 1. The molecular formula is C14H14N2OS. The van der Waals surface area contributed by atoms with Crippen LogP contribution in [-0.4, -0.2) is 4.98 Å². The van der Waals surface area contributed by atoms with E-state index in [1.54, 1.807) is 11.3 Å². The van der Waals surface area contributed by atoms with E-state index in [4.69, 9.17) is 4.42 Å². The number of rotatable bonds is 4. The van der Waals surface area contributed by atoms with Gasteiger partial charge in [-0.2, -0.15) is 0 Å². The molecule has 92 valence electrons. The molecular weight excluding hydrogens is 244 g/mol. The summed E-state index contributed by atoms with van der Waals surface area (Å²) in [6, 6.07) is 10.2. The Labute approximate surface area is 109 Å². The summed E-state index contributed by atoms with van der Waals surface area (Å²) < 4.78 is 5.74. The number of benzene rings is 1. The van der Waals surface area contributed by atoms with Crippen molar-refractivity contribution in [3.05, 3.63) is 52.2 Å². The van der Waals surface area contributed by atoms with Gasteiger partial charge in [-0.1, -0.05) is 18.2 Å². The standard InChI is InChI=1S/C14H14N2OS/c1-10-14(18-9-16-10)8-15-7-12-6-11-4-2-3-5-13(11)17-12/h2-6,9,15H,7-8H2,1H3. The predicted octanol–water partition coefficient (Wildman–Crippen LogP) is 3.49. The fraction of sp³-hybridized carbons (Fsp3) is 0.214. The molecule has 0 aliphatic rings. The van der Waals surface area contributed by atoms with Crippen molar-refractivity contribution < 1.29 is 4.42 Å². The number of nitrogens with one attached hydrogen (secondary N) is 1. The zero-order valence-electron chi connectivity index (χ0n) is 10.1. The van der Waals surface area contributed by atoms with Gasteiger partial charge < -0.3 is 9.73 Å². The third kappa shape index (κ3) is 2.30. The molecule has 4 heteroatoms. The third-order valence-electron chi connectivity index (χ3n) is 2.91. The van der Waals surface area contributed by atoms with Gasteiger partial charge in [0.15, 0.2) is 0 Å². The molecule has 1 aromatic carbocycles. The zero-order valence-corrected chi connectivity index (χ0v) is 11.0. The van der Waals surface area contributed by atoms with Gasteiger partial charge in [0.25, 0.3) is 0 Å². The molecule has 0 spiro atoms. The van der Waals surface area contributed by atoms with E-state index in [2.05, 4.69) is 22.4 Å². The molecule has 3 aromatic rings. The van der Waals surface area contributed by atoms with Crippen molar-refractivity contribution in [1.82, 2.24) is 10.3 Å². The number of nitrogens with zero attached hydrogens (tertiary/aromatic N) is 1. The van der Waals surface area contributed by atoms with Crippen LogP contribution in [-0.2, 0) is 13.1 Å². The SMILES string of the molecule is Cc1ncsc1CNCc1cc2ccccc2o1. The summed E-state index contributed by atoms with van der Waals surface area (Å²) in [5.74, 6) is 0.971. The third-order valence-corrected chi connectivity index (χ3v) is 3.84. The molecule has 0 fully saturated rings. The van der Waals surface area contributed by atoms with E-state index in [0.29, 0.717) is 0 Å². The summed E-state index contributed by atoms with van der Waals surface area (Å²) in [6.07, 6.45) is 0. The summed E-state index contributed by atoms with van der Waals surface area (Å²) in [7, 11) is 0. The van der Waals surface area contributed by atoms with Crippen LogP contribution in [0.3, 0.4) is 0 Å². The van der Waals surface area contributed by atoms with Gasteiger partial charge in [0.2, 0.25) is 0 Å². The Balaban J connectivity index is 1.65. The van der Waals surface area contributed by atoms with Crippen molar-refractivity contribution in [2.75, 3.05) is 0 Å². The van der Waals surface area contributed by atoms with E-state index < -0.39 is 0 Å². The topological polar surface area (TPSA) is 38.1 Å². The minimum absolute atomic E-state index is 0.742. The normalized spacial score (nSPS) is 11.2. The maximum Gasteiger partial charge on any atom is 0.134 e. The van der Waals surface area contributed by atoms with Crippen LogP contribution in [0.25, 0.3) is 11.0 Å². The highest BCUT2D eigenvalue weighted by atomic mass is 32.1. The van der Waals surface area contributed by atoms with Crippen LogP contribution in [0.15, 0.2) is 40.3 Å². The Hall–Kier alpha value is -1.65. The molecule has 0 saturated heterocycles. The lowest BCUT2D eigenvalue weighted by Gasteiger charge is -2.00. The maximum absolute atomic E-state index is 5.74. The first kappa shape index (κ1) is 11.4. The Kier molecular flexibility index (Phi) is 3.13. The number of thiazole rings is 1. The number of hydrogen-bond acceptors (Lipinski definition) is 4. The molecule has 0 unspecified atom stereocenters. The van der Waals surface area contributed by atoms with E-state index in [-0.39, 0.29) is 0 Å². The number of para-hydroxylation sites is 1. The number of aromatic nitrogens is 1. The van der Waals surface area contributed by atoms with E-state index in [1.807, 2.05) is 30.6 Å². The van der Waals surface area contributed by atoms with E-state index >= 15 is 0 Å². The van der Waals surface area contributed by atoms with Gasteiger partial charge in [-0.15, -0.1) is 11.3 Å². The molecule has 0 radical (unpaired) electrons. The average molecular weight is 258 g/mol. The molecule has 3 nitrogen and oxygen atoms in total. The smallest absolute Gasteiger partial charge is 0.134 e. The second-order valence-electron chi connectivity index (χ2n) is 4.22. The van der Waals surface area contributed by atoms with Crippen molar-refractivity contribution in [3.8, 4) is 0 Å². The summed E-state index contributed by atoms with van der Waals surface area (Å²) in [4.78, 5) is 5.52. The van der Waals surface area contributed by atoms with Gasteiger partial charge >= 0.3 is 0 Å². The molecule has 18 heavy (non-hydrogen) atoms. The highest BCUT2D eigenvalue weighted by Crippen LogP contribution is 2.19. The first-order valence-corrected chi connectivity index (χ1v) is 6.78. The molecule has 0 amide bonds. The predicted molar refractivity (Wildman–Crippen MR) is 73.6 cm³/mol. The highest BCUT2D eigenvalue weighted by Gasteiger charge is 2.04. The molecule has 0 aliphatic carbocycles. The summed E-state index contributed by atoms with van der Waals surface area (Å²) in [5, 5.41) is 4.54. The minimum Gasteiger partial charge on any atom is -0.460 e. The molecule has 2 heterocycles.